The fourth-order valence-electron chi connectivity index (χ4n) is 4.05. The van der Waals surface area contributed by atoms with Crippen molar-refractivity contribution in [2.45, 2.75) is 32.0 Å². The normalized spacial score (nSPS) is 27.1. The zero-order chi connectivity index (χ0) is 20.9. The summed E-state index contributed by atoms with van der Waals surface area (Å²) in [5, 5.41) is 17.9. The average molecular weight is 404 g/mol. The molecule has 154 valence electrons. The quantitative estimate of drug-likeness (QED) is 0.720. The number of benzene rings is 1. The minimum atomic E-state index is -1.06. The van der Waals surface area contributed by atoms with Crippen molar-refractivity contribution in [2.75, 3.05) is 20.1 Å². The molecule has 10 nitrogen and oxygen atoms in total. The first-order valence-electron chi connectivity index (χ1n) is 9.14. The third kappa shape index (κ3) is 3.21. The van der Waals surface area contributed by atoms with E-state index >= 15 is 0 Å². The zero-order valence-corrected chi connectivity index (χ0v) is 15.9. The molecule has 0 spiro atoms. The molecule has 4 rings (SSSR count). The van der Waals surface area contributed by atoms with E-state index < -0.39 is 42.2 Å². The highest BCUT2D eigenvalue weighted by molar-refractivity contribution is 6.01. The number of rotatable bonds is 4. The Balaban J connectivity index is 1.64. The number of fused-ring (bicyclic) bond motifs is 3. The van der Waals surface area contributed by atoms with Crippen molar-refractivity contribution in [1.29, 1.82) is 0 Å². The first-order chi connectivity index (χ1) is 13.8. The van der Waals surface area contributed by atoms with Crippen LogP contribution in [0, 0.1) is 5.82 Å². The van der Waals surface area contributed by atoms with E-state index in [0.29, 0.717) is 12.3 Å². The maximum atomic E-state index is 14.1. The molecule has 1 aromatic carbocycles. The number of nitrogens with one attached hydrogen (secondary N) is 1. The van der Waals surface area contributed by atoms with Gasteiger partial charge in [-0.05, 0) is 13.0 Å². The second-order valence-electron chi connectivity index (χ2n) is 7.34. The number of halogens is 1. The highest BCUT2D eigenvalue weighted by Crippen LogP contribution is 2.31. The van der Waals surface area contributed by atoms with E-state index in [-0.39, 0.29) is 18.7 Å². The SMILES string of the molecule is CC1=NN(CC(=O)O)C2NC3C(C(=O)N(Cc4ccccc4F)C(=O)N3C)N2C1. The molecular formula is C18H21FN6O4. The van der Waals surface area contributed by atoms with E-state index in [9.17, 15) is 23.9 Å². The number of hydrogen-bond donors (Lipinski definition) is 2. The largest absolute Gasteiger partial charge is 0.480 e. The monoisotopic (exact) mass is 404 g/mol. The van der Waals surface area contributed by atoms with Crippen LogP contribution in [-0.4, -0.2) is 87.1 Å². The Morgan fingerprint density at radius 1 is 1.34 bits per heavy atom. The number of carboxylic acid groups (broad SMARTS) is 1. The van der Waals surface area contributed by atoms with E-state index in [2.05, 4.69) is 10.4 Å². The van der Waals surface area contributed by atoms with Crippen LogP contribution in [0.5, 0.6) is 0 Å². The second-order valence-corrected chi connectivity index (χ2v) is 7.34. The molecule has 3 amide bonds. The van der Waals surface area contributed by atoms with Gasteiger partial charge in [0.05, 0.1) is 6.54 Å². The van der Waals surface area contributed by atoms with Crippen LogP contribution in [0.25, 0.3) is 0 Å². The van der Waals surface area contributed by atoms with E-state index in [1.165, 1.54) is 22.0 Å². The van der Waals surface area contributed by atoms with Gasteiger partial charge in [-0.25, -0.2) is 14.1 Å². The third-order valence-corrected chi connectivity index (χ3v) is 5.34. The smallest absolute Gasteiger partial charge is 0.328 e. The number of carboxylic acids is 1. The first-order valence-corrected chi connectivity index (χ1v) is 9.14. The third-order valence-electron chi connectivity index (χ3n) is 5.34. The topological polar surface area (TPSA) is 109 Å². The van der Waals surface area contributed by atoms with E-state index in [1.54, 1.807) is 31.0 Å². The van der Waals surface area contributed by atoms with Crippen LogP contribution in [0.2, 0.25) is 0 Å². The predicted molar refractivity (Wildman–Crippen MR) is 98.8 cm³/mol. The lowest BCUT2D eigenvalue weighted by molar-refractivity contribution is -0.141. The predicted octanol–water partition coefficient (Wildman–Crippen LogP) is -0.121. The first kappa shape index (κ1) is 19.3. The molecule has 3 atom stereocenters. The van der Waals surface area contributed by atoms with E-state index in [1.807, 2.05) is 0 Å². The Morgan fingerprint density at radius 3 is 2.76 bits per heavy atom. The molecule has 0 aliphatic carbocycles. The van der Waals surface area contributed by atoms with Gasteiger partial charge in [0.15, 0.2) is 6.29 Å². The molecule has 2 N–H and O–H groups in total. The van der Waals surface area contributed by atoms with Crippen molar-refractivity contribution in [2.24, 2.45) is 5.10 Å². The summed E-state index contributed by atoms with van der Waals surface area (Å²) in [6.45, 7) is 1.56. The lowest BCUT2D eigenvalue weighted by Gasteiger charge is -2.42. The van der Waals surface area contributed by atoms with Gasteiger partial charge in [-0.15, -0.1) is 0 Å². The Hall–Kier alpha value is -3.05. The standard InChI is InChI=1S/C18H21FN6O4/c1-10-7-23-14-15(20-17(23)25(21-10)9-13(26)27)22(2)18(29)24(16(14)28)8-11-5-3-4-6-12(11)19/h3-6,14-15,17,20H,7-9H2,1-2H3,(H,26,27). The van der Waals surface area contributed by atoms with Crippen LogP contribution >= 0.6 is 0 Å². The summed E-state index contributed by atoms with van der Waals surface area (Å²) < 4.78 is 14.1. The van der Waals surface area contributed by atoms with Crippen LogP contribution < -0.4 is 5.32 Å². The van der Waals surface area contributed by atoms with Gasteiger partial charge < -0.3 is 10.0 Å². The van der Waals surface area contributed by atoms with E-state index in [0.717, 1.165) is 4.90 Å². The van der Waals surface area contributed by atoms with Gasteiger partial charge in [-0.1, -0.05) is 18.2 Å². The molecular weight excluding hydrogens is 383 g/mol. The molecule has 29 heavy (non-hydrogen) atoms. The van der Waals surface area contributed by atoms with Crippen LogP contribution in [0.4, 0.5) is 9.18 Å². The van der Waals surface area contributed by atoms with Gasteiger partial charge in [0, 0.05) is 24.9 Å². The number of likely N-dealkylation sites (N-methyl/N-ethyl adjacent to an activating group) is 1. The van der Waals surface area contributed by atoms with Crippen LogP contribution in [0.1, 0.15) is 12.5 Å². The zero-order valence-electron chi connectivity index (χ0n) is 15.9. The van der Waals surface area contributed by atoms with Gasteiger partial charge >= 0.3 is 12.0 Å². The van der Waals surface area contributed by atoms with Crippen molar-refractivity contribution >= 4 is 23.6 Å². The van der Waals surface area contributed by atoms with Crippen LogP contribution in [0.3, 0.4) is 0 Å². The summed E-state index contributed by atoms with van der Waals surface area (Å²) in [6.07, 6.45) is -1.29. The van der Waals surface area contributed by atoms with E-state index in [4.69, 9.17) is 0 Å². The number of nitrogens with zero attached hydrogens (tertiary/aromatic N) is 5. The van der Waals surface area contributed by atoms with Crippen LogP contribution in [0.15, 0.2) is 29.4 Å². The second kappa shape index (κ2) is 7.08. The Morgan fingerprint density at radius 2 is 2.07 bits per heavy atom. The molecule has 11 heteroatoms. The summed E-state index contributed by atoms with van der Waals surface area (Å²) >= 11 is 0. The number of imide groups is 1. The van der Waals surface area contributed by atoms with Gasteiger partial charge in [0.1, 0.15) is 24.6 Å². The number of urea groups is 1. The fraction of sp³-hybridized carbons (Fsp3) is 0.444. The van der Waals surface area contributed by atoms with Crippen molar-refractivity contribution in [3.05, 3.63) is 35.6 Å². The summed E-state index contributed by atoms with van der Waals surface area (Å²) in [6, 6.07) is 4.71. The maximum Gasteiger partial charge on any atom is 0.328 e. The van der Waals surface area contributed by atoms with Gasteiger partial charge in [0.25, 0.3) is 5.91 Å². The maximum absolute atomic E-state index is 14.1. The average Bonchev–Trinajstić information content (AvgIpc) is 3.04. The highest BCUT2D eigenvalue weighted by atomic mass is 19.1. The van der Waals surface area contributed by atoms with Gasteiger partial charge in [-0.2, -0.15) is 5.10 Å². The molecule has 1 aromatic rings. The van der Waals surface area contributed by atoms with Crippen molar-refractivity contribution in [1.82, 2.24) is 25.0 Å². The Kier molecular flexibility index (Phi) is 4.71. The Bertz CT molecular complexity index is 908. The molecule has 3 heterocycles. The molecule has 3 aliphatic heterocycles. The summed E-state index contributed by atoms with van der Waals surface area (Å²) in [5.41, 5.74) is 0.894. The minimum Gasteiger partial charge on any atom is -0.480 e. The fourth-order valence-corrected chi connectivity index (χ4v) is 4.05. The lowest BCUT2D eigenvalue weighted by Crippen LogP contribution is -2.66. The molecule has 0 radical (unpaired) electrons. The lowest BCUT2D eigenvalue weighted by atomic mass is 10.1. The van der Waals surface area contributed by atoms with Crippen LogP contribution in [-0.2, 0) is 16.1 Å². The van der Waals surface area contributed by atoms with Crippen molar-refractivity contribution < 1.29 is 23.9 Å². The molecule has 2 saturated heterocycles. The van der Waals surface area contributed by atoms with Crippen molar-refractivity contribution in [3.63, 3.8) is 0 Å². The highest BCUT2D eigenvalue weighted by Gasteiger charge is 2.56. The summed E-state index contributed by atoms with van der Waals surface area (Å²) in [5.74, 6) is -2.01. The number of carbonyl (C=O) groups is 3. The number of aliphatic carboxylic acids is 1. The Labute approximate surface area is 166 Å². The van der Waals surface area contributed by atoms with Gasteiger partial charge in [-0.3, -0.25) is 24.8 Å². The number of amides is 3. The number of carbonyl (C=O) groups excluding carboxylic acids is 2. The molecule has 0 bridgehead atoms. The molecule has 0 aromatic heterocycles. The molecule has 2 fully saturated rings. The molecule has 3 aliphatic rings. The molecule has 3 unspecified atom stereocenters. The number of hydrogen-bond acceptors (Lipinski definition) is 7. The van der Waals surface area contributed by atoms with Gasteiger partial charge in [0.2, 0.25) is 0 Å². The summed E-state index contributed by atoms with van der Waals surface area (Å²) in [7, 11) is 1.56. The molecule has 0 saturated carbocycles. The summed E-state index contributed by atoms with van der Waals surface area (Å²) in [4.78, 5) is 41.5. The number of hydrazone groups is 1. The minimum absolute atomic E-state index is 0.178. The van der Waals surface area contributed by atoms with Crippen molar-refractivity contribution in [3.8, 4) is 0 Å².